The van der Waals surface area contributed by atoms with Gasteiger partial charge in [-0.05, 0) is 6.07 Å². The van der Waals surface area contributed by atoms with Crippen molar-refractivity contribution in [3.8, 4) is 17.4 Å². The average molecular weight is 234 g/mol. The van der Waals surface area contributed by atoms with E-state index in [0.29, 0.717) is 17.4 Å². The standard InChI is InChI=1S/C10H10N4O3/c1-14-9(12-8(13-14)10(15)16)6-4-3-5-7(11-6)17-2/h3-5H,1-2H3,(H,15,16). The topological polar surface area (TPSA) is 90.1 Å². The van der Waals surface area contributed by atoms with Crippen molar-refractivity contribution in [1.29, 1.82) is 0 Å². The number of pyridine rings is 1. The van der Waals surface area contributed by atoms with Gasteiger partial charge in [0.1, 0.15) is 5.69 Å². The van der Waals surface area contributed by atoms with Gasteiger partial charge in [0.05, 0.1) is 7.11 Å². The van der Waals surface area contributed by atoms with Crippen molar-refractivity contribution in [2.45, 2.75) is 0 Å². The predicted octanol–water partition coefficient (Wildman–Crippen LogP) is 0.584. The number of hydrogen-bond acceptors (Lipinski definition) is 5. The zero-order valence-corrected chi connectivity index (χ0v) is 9.28. The fourth-order valence-electron chi connectivity index (χ4n) is 1.35. The summed E-state index contributed by atoms with van der Waals surface area (Å²) in [4.78, 5) is 18.8. The van der Waals surface area contributed by atoms with E-state index in [1.165, 1.54) is 11.8 Å². The Morgan fingerprint density at radius 1 is 1.41 bits per heavy atom. The molecule has 1 N–H and O–H groups in total. The molecule has 0 spiro atoms. The lowest BCUT2D eigenvalue weighted by atomic mass is 10.3. The summed E-state index contributed by atoms with van der Waals surface area (Å²) in [5.41, 5.74) is 0.506. The third-order valence-corrected chi connectivity index (χ3v) is 2.12. The normalized spacial score (nSPS) is 10.2. The second-order valence-corrected chi connectivity index (χ2v) is 3.25. The molecule has 0 radical (unpaired) electrons. The molecule has 2 heterocycles. The van der Waals surface area contributed by atoms with Crippen LogP contribution in [0.25, 0.3) is 11.5 Å². The molecule has 0 atom stereocenters. The van der Waals surface area contributed by atoms with Crippen molar-refractivity contribution >= 4 is 5.97 Å². The van der Waals surface area contributed by atoms with Crippen molar-refractivity contribution in [1.82, 2.24) is 19.7 Å². The zero-order valence-electron chi connectivity index (χ0n) is 9.28. The van der Waals surface area contributed by atoms with Crippen LogP contribution in [0.3, 0.4) is 0 Å². The van der Waals surface area contributed by atoms with Crippen LogP contribution in [0, 0.1) is 0 Å². The Morgan fingerprint density at radius 2 is 2.18 bits per heavy atom. The number of rotatable bonds is 3. The third-order valence-electron chi connectivity index (χ3n) is 2.12. The van der Waals surface area contributed by atoms with Gasteiger partial charge in [0, 0.05) is 13.1 Å². The first-order valence-electron chi connectivity index (χ1n) is 4.77. The fraction of sp³-hybridized carbons (Fsp3) is 0.200. The van der Waals surface area contributed by atoms with E-state index in [2.05, 4.69) is 15.1 Å². The highest BCUT2D eigenvalue weighted by Gasteiger charge is 2.15. The van der Waals surface area contributed by atoms with Crippen molar-refractivity contribution < 1.29 is 14.6 Å². The number of ether oxygens (including phenoxy) is 1. The van der Waals surface area contributed by atoms with Crippen LogP contribution >= 0.6 is 0 Å². The molecule has 0 saturated heterocycles. The van der Waals surface area contributed by atoms with Gasteiger partial charge in [0.2, 0.25) is 5.88 Å². The first-order valence-corrected chi connectivity index (χ1v) is 4.77. The molecule has 0 amide bonds. The Labute approximate surface area is 96.7 Å². The molecule has 0 aliphatic heterocycles. The van der Waals surface area contributed by atoms with Crippen molar-refractivity contribution in [3.05, 3.63) is 24.0 Å². The Balaban J connectivity index is 2.48. The smallest absolute Gasteiger partial charge is 0.375 e. The van der Waals surface area contributed by atoms with Crippen LogP contribution in [0.1, 0.15) is 10.6 Å². The summed E-state index contributed by atoms with van der Waals surface area (Å²) in [6.07, 6.45) is 0. The van der Waals surface area contributed by atoms with Gasteiger partial charge in [-0.15, -0.1) is 5.10 Å². The molecule has 0 fully saturated rings. The third kappa shape index (κ3) is 2.07. The molecule has 0 aliphatic carbocycles. The SMILES string of the molecule is COc1cccc(-c2nc(C(=O)O)nn2C)n1. The summed E-state index contributed by atoms with van der Waals surface area (Å²) < 4.78 is 6.35. The van der Waals surface area contributed by atoms with Crippen LogP contribution in [0.15, 0.2) is 18.2 Å². The molecular weight excluding hydrogens is 224 g/mol. The molecule has 2 rings (SSSR count). The quantitative estimate of drug-likeness (QED) is 0.835. The fourth-order valence-corrected chi connectivity index (χ4v) is 1.35. The van der Waals surface area contributed by atoms with E-state index in [0.717, 1.165) is 0 Å². The van der Waals surface area contributed by atoms with Gasteiger partial charge in [-0.1, -0.05) is 6.07 Å². The van der Waals surface area contributed by atoms with Gasteiger partial charge in [0.15, 0.2) is 5.82 Å². The minimum absolute atomic E-state index is 0.257. The van der Waals surface area contributed by atoms with Gasteiger partial charge in [0.25, 0.3) is 5.82 Å². The summed E-state index contributed by atoms with van der Waals surface area (Å²) in [5.74, 6) is -0.620. The number of aromatic carboxylic acids is 1. The lowest BCUT2D eigenvalue weighted by Crippen LogP contribution is -2.00. The van der Waals surface area contributed by atoms with Crippen LogP contribution < -0.4 is 4.74 Å². The molecule has 0 bridgehead atoms. The predicted molar refractivity (Wildman–Crippen MR) is 57.7 cm³/mol. The van der Waals surface area contributed by atoms with E-state index in [9.17, 15) is 4.79 Å². The molecule has 7 heteroatoms. The Morgan fingerprint density at radius 3 is 2.76 bits per heavy atom. The number of aryl methyl sites for hydroxylation is 1. The molecule has 7 nitrogen and oxygen atoms in total. The monoisotopic (exact) mass is 234 g/mol. The molecule has 0 aliphatic rings. The van der Waals surface area contributed by atoms with Crippen LogP contribution in [0.5, 0.6) is 5.88 Å². The van der Waals surface area contributed by atoms with E-state index in [1.807, 2.05) is 0 Å². The lowest BCUT2D eigenvalue weighted by Gasteiger charge is -2.01. The van der Waals surface area contributed by atoms with Crippen LogP contribution in [-0.2, 0) is 7.05 Å². The molecule has 2 aromatic rings. The number of methoxy groups -OCH3 is 1. The summed E-state index contributed by atoms with van der Waals surface area (Å²) in [6, 6.07) is 5.15. The summed E-state index contributed by atoms with van der Waals surface area (Å²) in [7, 11) is 3.11. The van der Waals surface area contributed by atoms with Gasteiger partial charge in [-0.3, -0.25) is 0 Å². The molecule has 0 unspecified atom stereocenters. The minimum atomic E-state index is -1.17. The summed E-state index contributed by atoms with van der Waals surface area (Å²) in [5, 5.41) is 12.6. The highest BCUT2D eigenvalue weighted by Crippen LogP contribution is 2.17. The van der Waals surface area contributed by atoms with Crippen molar-refractivity contribution in [2.75, 3.05) is 7.11 Å². The Hall–Kier alpha value is -2.44. The van der Waals surface area contributed by atoms with E-state index < -0.39 is 5.97 Å². The summed E-state index contributed by atoms with van der Waals surface area (Å²) in [6.45, 7) is 0. The highest BCUT2D eigenvalue weighted by molar-refractivity contribution is 5.83. The molecular formula is C10H10N4O3. The van der Waals surface area contributed by atoms with Crippen LogP contribution in [0.2, 0.25) is 0 Å². The first kappa shape index (κ1) is 11.1. The maximum Gasteiger partial charge on any atom is 0.375 e. The Kier molecular flexibility index (Phi) is 2.73. The molecule has 88 valence electrons. The van der Waals surface area contributed by atoms with E-state index >= 15 is 0 Å². The Bertz CT molecular complexity index is 564. The van der Waals surface area contributed by atoms with E-state index in [1.54, 1.807) is 25.2 Å². The van der Waals surface area contributed by atoms with E-state index in [4.69, 9.17) is 9.84 Å². The molecule has 0 saturated carbocycles. The summed E-state index contributed by atoms with van der Waals surface area (Å²) >= 11 is 0. The number of carboxylic acid groups (broad SMARTS) is 1. The minimum Gasteiger partial charge on any atom is -0.481 e. The average Bonchev–Trinajstić information content (AvgIpc) is 2.72. The number of hydrogen-bond donors (Lipinski definition) is 1. The van der Waals surface area contributed by atoms with Crippen molar-refractivity contribution in [2.24, 2.45) is 7.05 Å². The van der Waals surface area contributed by atoms with Gasteiger partial charge < -0.3 is 9.84 Å². The molecule has 17 heavy (non-hydrogen) atoms. The van der Waals surface area contributed by atoms with Gasteiger partial charge in [-0.25, -0.2) is 14.5 Å². The second kappa shape index (κ2) is 4.20. The maximum absolute atomic E-state index is 10.7. The largest absolute Gasteiger partial charge is 0.481 e. The number of nitrogens with zero attached hydrogens (tertiary/aromatic N) is 4. The van der Waals surface area contributed by atoms with Crippen LogP contribution in [-0.4, -0.2) is 37.9 Å². The highest BCUT2D eigenvalue weighted by atomic mass is 16.5. The number of carbonyl (C=O) groups is 1. The molecule has 2 aromatic heterocycles. The first-order chi connectivity index (χ1) is 8.11. The maximum atomic E-state index is 10.7. The number of carboxylic acids is 1. The second-order valence-electron chi connectivity index (χ2n) is 3.25. The zero-order chi connectivity index (χ0) is 12.4. The van der Waals surface area contributed by atoms with Crippen LogP contribution in [0.4, 0.5) is 0 Å². The van der Waals surface area contributed by atoms with Gasteiger partial charge in [-0.2, -0.15) is 4.98 Å². The van der Waals surface area contributed by atoms with E-state index in [-0.39, 0.29) is 5.82 Å². The lowest BCUT2D eigenvalue weighted by molar-refractivity contribution is 0.0683. The van der Waals surface area contributed by atoms with Gasteiger partial charge >= 0.3 is 5.97 Å². The molecule has 0 aromatic carbocycles. The van der Waals surface area contributed by atoms with Crippen molar-refractivity contribution in [3.63, 3.8) is 0 Å². The number of aromatic nitrogens is 4.